The van der Waals surface area contributed by atoms with Crippen LogP contribution < -0.4 is 15.0 Å². The van der Waals surface area contributed by atoms with Crippen molar-refractivity contribution in [2.75, 3.05) is 27.4 Å². The van der Waals surface area contributed by atoms with Crippen LogP contribution >= 0.6 is 11.3 Å². The summed E-state index contributed by atoms with van der Waals surface area (Å²) in [5.74, 6) is 1.77. The van der Waals surface area contributed by atoms with Gasteiger partial charge in [-0.3, -0.25) is 9.69 Å². The van der Waals surface area contributed by atoms with Gasteiger partial charge in [-0.2, -0.15) is 0 Å². The first-order valence-electron chi connectivity index (χ1n) is 12.2. The Bertz CT molecular complexity index is 1370. The minimum absolute atomic E-state index is 0.0383. The molecular formula is C28H33N3O5S. The highest BCUT2D eigenvalue weighted by Gasteiger charge is 2.18. The van der Waals surface area contributed by atoms with Crippen molar-refractivity contribution in [3.8, 4) is 22.6 Å². The summed E-state index contributed by atoms with van der Waals surface area (Å²) in [4.78, 5) is 23.7. The van der Waals surface area contributed by atoms with Crippen molar-refractivity contribution in [1.82, 2.24) is 14.9 Å². The monoisotopic (exact) mass is 523 g/mol. The van der Waals surface area contributed by atoms with Gasteiger partial charge in [-0.05, 0) is 37.1 Å². The van der Waals surface area contributed by atoms with Crippen LogP contribution in [0.2, 0.25) is 0 Å². The third kappa shape index (κ3) is 6.75. The van der Waals surface area contributed by atoms with E-state index in [0.29, 0.717) is 47.2 Å². The van der Waals surface area contributed by atoms with Gasteiger partial charge in [0.25, 0.3) is 5.56 Å². The number of aliphatic hydroxyl groups is 1. The predicted molar refractivity (Wildman–Crippen MR) is 146 cm³/mol. The highest BCUT2D eigenvalue weighted by molar-refractivity contribution is 7.17. The van der Waals surface area contributed by atoms with Gasteiger partial charge >= 0.3 is 0 Å². The van der Waals surface area contributed by atoms with Crippen molar-refractivity contribution in [3.05, 3.63) is 75.7 Å². The number of methoxy groups -OCH3 is 2. The lowest BCUT2D eigenvalue weighted by atomic mass is 10.1. The molecule has 0 unspecified atom stereocenters. The molecular weight excluding hydrogens is 490 g/mol. The second-order valence-corrected chi connectivity index (χ2v) is 9.96. The Morgan fingerprint density at radius 1 is 1.05 bits per heavy atom. The summed E-state index contributed by atoms with van der Waals surface area (Å²) < 4.78 is 16.4. The number of hydrogen-bond acceptors (Lipinski definition) is 8. The van der Waals surface area contributed by atoms with E-state index in [9.17, 15) is 9.90 Å². The van der Waals surface area contributed by atoms with Crippen LogP contribution in [0.3, 0.4) is 0 Å². The molecule has 0 aliphatic rings. The lowest BCUT2D eigenvalue weighted by molar-refractivity contribution is -0.0109. The fourth-order valence-corrected chi connectivity index (χ4v) is 5.14. The Morgan fingerprint density at radius 2 is 1.81 bits per heavy atom. The molecule has 0 fully saturated rings. The number of aromatic nitrogens is 2. The van der Waals surface area contributed by atoms with Gasteiger partial charge in [0, 0.05) is 24.0 Å². The first-order valence-corrected chi connectivity index (χ1v) is 13.0. The number of H-pyrrole nitrogens is 1. The zero-order valence-electron chi connectivity index (χ0n) is 21.6. The molecule has 196 valence electrons. The van der Waals surface area contributed by atoms with Gasteiger partial charge in [-0.15, -0.1) is 11.3 Å². The molecule has 1 atom stereocenters. The third-order valence-electron chi connectivity index (χ3n) is 5.90. The molecule has 4 aromatic rings. The molecule has 0 radical (unpaired) electrons. The van der Waals surface area contributed by atoms with Crippen LogP contribution in [0, 0.1) is 0 Å². The van der Waals surface area contributed by atoms with E-state index in [1.165, 1.54) is 11.3 Å². The van der Waals surface area contributed by atoms with Crippen LogP contribution in [-0.4, -0.2) is 59.6 Å². The molecule has 8 nitrogen and oxygen atoms in total. The van der Waals surface area contributed by atoms with Gasteiger partial charge < -0.3 is 24.3 Å². The molecule has 0 spiro atoms. The van der Waals surface area contributed by atoms with Crippen LogP contribution in [0.1, 0.15) is 25.2 Å². The van der Waals surface area contributed by atoms with Crippen LogP contribution in [0.15, 0.2) is 58.7 Å². The van der Waals surface area contributed by atoms with E-state index in [1.807, 2.05) is 67.8 Å². The van der Waals surface area contributed by atoms with Gasteiger partial charge in [0.1, 0.15) is 10.7 Å². The minimum atomic E-state index is -0.667. The molecule has 0 aliphatic heterocycles. The SMILES string of the molecule is COc1ccc(-c2csc3nc(CN(Cc4ccccc4)C[C@@H](O)COC(C)C)[nH]c(=O)c23)cc1OC. The minimum Gasteiger partial charge on any atom is -0.493 e. The van der Waals surface area contributed by atoms with E-state index in [0.717, 1.165) is 16.7 Å². The van der Waals surface area contributed by atoms with Gasteiger partial charge in [0.2, 0.25) is 0 Å². The molecule has 2 N–H and O–H groups in total. The van der Waals surface area contributed by atoms with Crippen molar-refractivity contribution in [2.24, 2.45) is 0 Å². The van der Waals surface area contributed by atoms with E-state index in [2.05, 4.69) is 9.88 Å². The number of hydrogen-bond donors (Lipinski definition) is 2. The molecule has 9 heteroatoms. The molecule has 0 saturated heterocycles. The van der Waals surface area contributed by atoms with Crippen LogP contribution in [0.25, 0.3) is 21.3 Å². The highest BCUT2D eigenvalue weighted by Crippen LogP contribution is 2.36. The number of ether oxygens (including phenoxy) is 3. The van der Waals surface area contributed by atoms with Crippen molar-refractivity contribution in [1.29, 1.82) is 0 Å². The largest absolute Gasteiger partial charge is 0.493 e. The molecule has 2 heterocycles. The first kappa shape index (κ1) is 26.8. The van der Waals surface area contributed by atoms with E-state index >= 15 is 0 Å². The topological polar surface area (TPSA) is 96.9 Å². The number of fused-ring (bicyclic) bond motifs is 1. The summed E-state index contributed by atoms with van der Waals surface area (Å²) in [5, 5.41) is 13.1. The summed E-state index contributed by atoms with van der Waals surface area (Å²) in [6.45, 7) is 5.48. The van der Waals surface area contributed by atoms with Crippen molar-refractivity contribution in [2.45, 2.75) is 39.1 Å². The van der Waals surface area contributed by atoms with Crippen LogP contribution in [0.5, 0.6) is 11.5 Å². The normalized spacial score (nSPS) is 12.4. The molecule has 0 saturated carbocycles. The average molecular weight is 524 g/mol. The second-order valence-electron chi connectivity index (χ2n) is 9.10. The number of aliphatic hydroxyl groups excluding tert-OH is 1. The highest BCUT2D eigenvalue weighted by atomic mass is 32.1. The Kier molecular flexibility index (Phi) is 8.94. The zero-order valence-corrected chi connectivity index (χ0v) is 22.4. The maximum absolute atomic E-state index is 13.2. The average Bonchev–Trinajstić information content (AvgIpc) is 3.32. The summed E-state index contributed by atoms with van der Waals surface area (Å²) in [7, 11) is 3.17. The molecule has 0 bridgehead atoms. The number of thiophene rings is 1. The van der Waals surface area contributed by atoms with Crippen molar-refractivity contribution < 1.29 is 19.3 Å². The summed E-state index contributed by atoms with van der Waals surface area (Å²) in [6.07, 6.45) is -0.628. The third-order valence-corrected chi connectivity index (χ3v) is 6.77. The van der Waals surface area contributed by atoms with Crippen LogP contribution in [0.4, 0.5) is 0 Å². The fourth-order valence-electron chi connectivity index (χ4n) is 4.18. The second kappa shape index (κ2) is 12.3. The molecule has 2 aromatic carbocycles. The van der Waals surface area contributed by atoms with E-state index in [1.54, 1.807) is 14.2 Å². The zero-order chi connectivity index (χ0) is 26.4. The quantitative estimate of drug-likeness (QED) is 0.283. The first-order chi connectivity index (χ1) is 17.9. The Labute approximate surface area is 220 Å². The Balaban J connectivity index is 1.61. The molecule has 4 rings (SSSR count). The number of nitrogens with zero attached hydrogens (tertiary/aromatic N) is 2. The fraction of sp³-hybridized carbons (Fsp3) is 0.357. The van der Waals surface area contributed by atoms with Gasteiger partial charge in [0.15, 0.2) is 11.5 Å². The summed E-state index contributed by atoms with van der Waals surface area (Å²) in [5.41, 5.74) is 2.55. The van der Waals surface area contributed by atoms with Crippen molar-refractivity contribution in [3.63, 3.8) is 0 Å². The van der Waals surface area contributed by atoms with Gasteiger partial charge in [0.05, 0.1) is 45.0 Å². The number of rotatable bonds is 12. The van der Waals surface area contributed by atoms with E-state index in [-0.39, 0.29) is 18.3 Å². The standard InChI is InChI=1S/C28H33N3O5S/c1-18(2)36-16-21(32)14-31(13-19-8-6-5-7-9-19)15-25-29-27(33)26-22(17-37-28(26)30-25)20-10-11-23(34-3)24(12-20)35-4/h5-12,17-18,21,32H,13-16H2,1-4H3,(H,29,30,33)/t21-/m1/s1. The number of aromatic amines is 1. The number of benzene rings is 2. The summed E-state index contributed by atoms with van der Waals surface area (Å²) in [6, 6.07) is 15.6. The van der Waals surface area contributed by atoms with E-state index < -0.39 is 6.10 Å². The van der Waals surface area contributed by atoms with Crippen molar-refractivity contribution >= 4 is 21.6 Å². The van der Waals surface area contributed by atoms with Gasteiger partial charge in [-0.25, -0.2) is 4.98 Å². The maximum Gasteiger partial charge on any atom is 0.260 e. The molecule has 2 aromatic heterocycles. The van der Waals surface area contributed by atoms with Gasteiger partial charge in [-0.1, -0.05) is 36.4 Å². The van der Waals surface area contributed by atoms with Crippen LogP contribution in [-0.2, 0) is 17.8 Å². The maximum atomic E-state index is 13.2. The molecule has 0 aliphatic carbocycles. The summed E-state index contributed by atoms with van der Waals surface area (Å²) >= 11 is 1.43. The lowest BCUT2D eigenvalue weighted by Gasteiger charge is -2.25. The molecule has 0 amide bonds. The number of nitrogens with one attached hydrogen (secondary N) is 1. The Morgan fingerprint density at radius 3 is 2.51 bits per heavy atom. The molecule has 37 heavy (non-hydrogen) atoms. The lowest BCUT2D eigenvalue weighted by Crippen LogP contribution is -2.35. The predicted octanol–water partition coefficient (Wildman–Crippen LogP) is 4.46. The van der Waals surface area contributed by atoms with E-state index in [4.69, 9.17) is 19.2 Å². The Hall–Kier alpha value is -3.24. The smallest absolute Gasteiger partial charge is 0.260 e.